The molecule has 7 heteroatoms. The van der Waals surface area contributed by atoms with E-state index in [1.165, 1.54) is 0 Å². The SMILES string of the molecule is CC(C)(C)[C@@H](N=[N+]=[N-])C(=O)N1C(=O)OC[C@@H]1Cc1ccccc1. The molecule has 0 saturated carbocycles. The molecule has 23 heavy (non-hydrogen) atoms. The van der Waals surface area contributed by atoms with E-state index in [-0.39, 0.29) is 6.61 Å². The van der Waals surface area contributed by atoms with Crippen LogP contribution in [0.3, 0.4) is 0 Å². The van der Waals surface area contributed by atoms with E-state index in [0.29, 0.717) is 6.42 Å². The average Bonchev–Trinajstić information content (AvgIpc) is 2.85. The maximum Gasteiger partial charge on any atom is 0.416 e. The van der Waals surface area contributed by atoms with Crippen molar-refractivity contribution < 1.29 is 14.3 Å². The lowest BCUT2D eigenvalue weighted by atomic mass is 9.86. The standard InChI is InChI=1S/C16H20N4O3/c1-16(2,3)13(18-19-17)14(21)20-12(10-23-15(20)22)9-11-7-5-4-6-8-11/h4-8,12-13H,9-10H2,1-3H3/t12-,13-/m0/s1. The molecule has 1 fully saturated rings. The summed E-state index contributed by atoms with van der Waals surface area (Å²) in [4.78, 5) is 28.6. The summed E-state index contributed by atoms with van der Waals surface area (Å²) in [6, 6.07) is 8.21. The first-order valence-corrected chi connectivity index (χ1v) is 7.42. The molecule has 0 unspecified atom stereocenters. The third-order valence-corrected chi connectivity index (χ3v) is 3.73. The Bertz CT molecular complexity index is 632. The van der Waals surface area contributed by atoms with Gasteiger partial charge in [0.2, 0.25) is 5.91 Å². The molecule has 0 bridgehead atoms. The maximum atomic E-state index is 12.8. The molecular formula is C16H20N4O3. The number of imide groups is 1. The van der Waals surface area contributed by atoms with Gasteiger partial charge in [-0.15, -0.1) is 0 Å². The number of cyclic esters (lactones) is 1. The molecule has 2 atom stereocenters. The maximum absolute atomic E-state index is 12.8. The summed E-state index contributed by atoms with van der Waals surface area (Å²) in [5, 5.41) is 3.60. The van der Waals surface area contributed by atoms with Gasteiger partial charge >= 0.3 is 6.09 Å². The summed E-state index contributed by atoms with van der Waals surface area (Å²) in [5.41, 5.74) is 9.14. The van der Waals surface area contributed by atoms with E-state index in [9.17, 15) is 9.59 Å². The van der Waals surface area contributed by atoms with E-state index in [2.05, 4.69) is 10.0 Å². The number of ether oxygens (including phenoxy) is 1. The van der Waals surface area contributed by atoms with Gasteiger partial charge in [0.25, 0.3) is 0 Å². The van der Waals surface area contributed by atoms with E-state index in [4.69, 9.17) is 10.3 Å². The molecule has 7 nitrogen and oxygen atoms in total. The largest absolute Gasteiger partial charge is 0.447 e. The van der Waals surface area contributed by atoms with Crippen LogP contribution in [0.4, 0.5) is 4.79 Å². The second-order valence-electron chi connectivity index (χ2n) is 6.60. The van der Waals surface area contributed by atoms with Gasteiger partial charge in [0.15, 0.2) is 0 Å². The Morgan fingerprint density at radius 3 is 2.65 bits per heavy atom. The van der Waals surface area contributed by atoms with Crippen LogP contribution in [0, 0.1) is 5.41 Å². The van der Waals surface area contributed by atoms with Crippen molar-refractivity contribution in [1.29, 1.82) is 0 Å². The molecule has 122 valence electrons. The smallest absolute Gasteiger partial charge is 0.416 e. The highest BCUT2D eigenvalue weighted by atomic mass is 16.6. The van der Waals surface area contributed by atoms with Crippen molar-refractivity contribution in [2.75, 3.05) is 6.61 Å². The van der Waals surface area contributed by atoms with Crippen molar-refractivity contribution in [1.82, 2.24) is 4.90 Å². The van der Waals surface area contributed by atoms with Gasteiger partial charge in [0.1, 0.15) is 12.6 Å². The van der Waals surface area contributed by atoms with Gasteiger partial charge in [-0.25, -0.2) is 9.69 Å². The number of rotatable bonds is 4. The van der Waals surface area contributed by atoms with Crippen molar-refractivity contribution in [3.63, 3.8) is 0 Å². The van der Waals surface area contributed by atoms with Crippen LogP contribution in [0.1, 0.15) is 26.3 Å². The zero-order valence-electron chi connectivity index (χ0n) is 13.5. The molecule has 2 amide bonds. The van der Waals surface area contributed by atoms with E-state index in [1.54, 1.807) is 20.8 Å². The Labute approximate surface area is 134 Å². The number of carbonyl (C=O) groups is 2. The van der Waals surface area contributed by atoms with Gasteiger partial charge < -0.3 is 4.74 Å². The summed E-state index contributed by atoms with van der Waals surface area (Å²) in [6.07, 6.45) is -0.177. The fourth-order valence-corrected chi connectivity index (χ4v) is 2.54. The number of carbonyl (C=O) groups excluding carboxylic acids is 2. The number of nitrogens with zero attached hydrogens (tertiary/aromatic N) is 4. The predicted octanol–water partition coefficient (Wildman–Crippen LogP) is 3.30. The van der Waals surface area contributed by atoms with Crippen LogP contribution in [0.2, 0.25) is 0 Å². The van der Waals surface area contributed by atoms with Crippen LogP contribution < -0.4 is 0 Å². The second-order valence-corrected chi connectivity index (χ2v) is 6.60. The van der Waals surface area contributed by atoms with Crippen molar-refractivity contribution in [2.24, 2.45) is 10.5 Å². The van der Waals surface area contributed by atoms with Crippen LogP contribution in [0.25, 0.3) is 10.4 Å². The van der Waals surface area contributed by atoms with Gasteiger partial charge in [0, 0.05) is 4.91 Å². The Hall–Kier alpha value is -2.53. The second kappa shape index (κ2) is 6.71. The molecule has 1 aliphatic rings. The first-order chi connectivity index (χ1) is 10.8. The molecule has 0 aliphatic carbocycles. The lowest BCUT2D eigenvalue weighted by Gasteiger charge is -2.30. The molecule has 0 N–H and O–H groups in total. The van der Waals surface area contributed by atoms with Crippen molar-refractivity contribution in [3.05, 3.63) is 46.3 Å². The predicted molar refractivity (Wildman–Crippen MR) is 84.5 cm³/mol. The van der Waals surface area contributed by atoms with Gasteiger partial charge in [0.05, 0.1) is 6.04 Å². The lowest BCUT2D eigenvalue weighted by molar-refractivity contribution is -0.132. The van der Waals surface area contributed by atoms with E-state index in [0.717, 1.165) is 10.5 Å². The summed E-state index contributed by atoms with van der Waals surface area (Å²) in [7, 11) is 0. The summed E-state index contributed by atoms with van der Waals surface area (Å²) in [6.45, 7) is 5.51. The normalized spacial score (nSPS) is 19.0. The Balaban J connectivity index is 2.24. The van der Waals surface area contributed by atoms with Gasteiger partial charge in [-0.2, -0.15) is 0 Å². The van der Waals surface area contributed by atoms with E-state index in [1.807, 2.05) is 30.3 Å². The van der Waals surface area contributed by atoms with Gasteiger partial charge in [-0.05, 0) is 22.9 Å². The minimum atomic E-state index is -0.962. The molecule has 2 rings (SSSR count). The molecule has 1 aromatic carbocycles. The monoisotopic (exact) mass is 316 g/mol. The summed E-state index contributed by atoms with van der Waals surface area (Å²) < 4.78 is 5.04. The molecule has 1 saturated heterocycles. The van der Waals surface area contributed by atoms with Crippen molar-refractivity contribution in [2.45, 2.75) is 39.3 Å². The first-order valence-electron chi connectivity index (χ1n) is 7.42. The molecule has 0 aromatic heterocycles. The molecule has 0 spiro atoms. The van der Waals surface area contributed by atoms with Crippen LogP contribution in [-0.2, 0) is 16.0 Å². The molecule has 1 aliphatic heterocycles. The molecule has 1 heterocycles. The van der Waals surface area contributed by atoms with Crippen LogP contribution in [0.15, 0.2) is 35.4 Å². The fraction of sp³-hybridized carbons (Fsp3) is 0.500. The van der Waals surface area contributed by atoms with E-state index >= 15 is 0 Å². The molecule has 0 radical (unpaired) electrons. The average molecular weight is 316 g/mol. The van der Waals surface area contributed by atoms with Crippen LogP contribution >= 0.6 is 0 Å². The third kappa shape index (κ3) is 3.81. The minimum absolute atomic E-state index is 0.145. The number of benzene rings is 1. The first kappa shape index (κ1) is 16.8. The quantitative estimate of drug-likeness (QED) is 0.484. The Morgan fingerprint density at radius 1 is 1.43 bits per heavy atom. The van der Waals surface area contributed by atoms with E-state index < -0.39 is 29.5 Å². The highest BCUT2D eigenvalue weighted by Crippen LogP contribution is 2.27. The lowest BCUT2D eigenvalue weighted by Crippen LogP contribution is -2.48. The number of hydrogen-bond donors (Lipinski definition) is 0. The van der Waals surface area contributed by atoms with Gasteiger partial charge in [-0.1, -0.05) is 56.2 Å². The number of hydrogen-bond acceptors (Lipinski definition) is 4. The number of azide groups is 1. The Kier molecular flexibility index (Phi) is 4.91. The topological polar surface area (TPSA) is 95.4 Å². The molecule has 1 aromatic rings. The minimum Gasteiger partial charge on any atom is -0.447 e. The highest BCUT2D eigenvalue weighted by molar-refractivity contribution is 5.97. The fourth-order valence-electron chi connectivity index (χ4n) is 2.54. The third-order valence-electron chi connectivity index (χ3n) is 3.73. The van der Waals surface area contributed by atoms with Crippen molar-refractivity contribution in [3.8, 4) is 0 Å². The van der Waals surface area contributed by atoms with Crippen LogP contribution in [-0.4, -0.2) is 35.6 Å². The Morgan fingerprint density at radius 2 is 2.09 bits per heavy atom. The summed E-state index contributed by atoms with van der Waals surface area (Å²) >= 11 is 0. The van der Waals surface area contributed by atoms with Crippen LogP contribution in [0.5, 0.6) is 0 Å². The highest BCUT2D eigenvalue weighted by Gasteiger charge is 2.43. The zero-order chi connectivity index (χ0) is 17.0. The van der Waals surface area contributed by atoms with Crippen molar-refractivity contribution >= 4 is 12.0 Å². The zero-order valence-corrected chi connectivity index (χ0v) is 13.5. The molecular weight excluding hydrogens is 296 g/mol. The number of amides is 2. The van der Waals surface area contributed by atoms with Gasteiger partial charge in [-0.3, -0.25) is 4.79 Å². The summed E-state index contributed by atoms with van der Waals surface area (Å²) in [5.74, 6) is -0.515.